The van der Waals surface area contributed by atoms with Crippen LogP contribution in [0.25, 0.3) is 0 Å². The Balaban J connectivity index is 2.05. The van der Waals surface area contributed by atoms with Crippen molar-refractivity contribution in [2.24, 2.45) is 5.92 Å². The minimum atomic E-state index is -4.94. The van der Waals surface area contributed by atoms with Gasteiger partial charge in [-0.15, -0.1) is 4.98 Å². The fraction of sp³-hybridized carbons (Fsp3) is 0.692. The lowest BCUT2D eigenvalue weighted by molar-refractivity contribution is -0.866. The van der Waals surface area contributed by atoms with Crippen molar-refractivity contribution in [3.63, 3.8) is 0 Å². The number of anilines is 1. The van der Waals surface area contributed by atoms with E-state index in [0.29, 0.717) is 25.6 Å². The first-order chi connectivity index (χ1) is 11.8. The largest absolute Gasteiger partial charge is 0.467 e. The SMILES string of the molecule is COc1nc(OC)nc(N(C(=O)[N+]23CCC(CC2)CC3)S(=O)(=O)O)n1. The van der Waals surface area contributed by atoms with Crippen LogP contribution in [-0.4, -0.2) is 72.3 Å². The first-order valence-electron chi connectivity index (χ1n) is 7.81. The van der Waals surface area contributed by atoms with Gasteiger partial charge >= 0.3 is 28.4 Å². The highest BCUT2D eigenvalue weighted by atomic mass is 32.2. The van der Waals surface area contributed by atoms with Gasteiger partial charge < -0.3 is 9.47 Å². The summed E-state index contributed by atoms with van der Waals surface area (Å²) in [5.74, 6) is 0.0146. The monoisotopic (exact) mass is 374 g/mol. The number of nitrogens with zero attached hydrogens (tertiary/aromatic N) is 5. The molecule has 0 unspecified atom stereocenters. The normalized spacial score (nSPS) is 25.5. The molecule has 3 aliphatic heterocycles. The highest BCUT2D eigenvalue weighted by molar-refractivity contribution is 7.88. The fourth-order valence-corrected chi connectivity index (χ4v) is 4.08. The Morgan fingerprint density at radius 1 is 1.08 bits per heavy atom. The van der Waals surface area contributed by atoms with Crippen LogP contribution in [0.1, 0.15) is 19.3 Å². The Morgan fingerprint density at radius 3 is 1.96 bits per heavy atom. The summed E-state index contributed by atoms with van der Waals surface area (Å²) in [6, 6.07) is -1.25. The minimum absolute atomic E-state index is 0.0490. The van der Waals surface area contributed by atoms with Crippen molar-refractivity contribution in [3.8, 4) is 12.0 Å². The average Bonchev–Trinajstić information content (AvgIpc) is 2.61. The van der Waals surface area contributed by atoms with E-state index in [9.17, 15) is 17.8 Å². The number of quaternary nitrogens is 1. The molecule has 2 amide bonds. The zero-order valence-electron chi connectivity index (χ0n) is 14.0. The van der Waals surface area contributed by atoms with E-state index in [2.05, 4.69) is 15.0 Å². The molecule has 11 nitrogen and oxygen atoms in total. The molecule has 138 valence electrons. The van der Waals surface area contributed by atoms with Crippen molar-refractivity contribution in [1.29, 1.82) is 0 Å². The summed E-state index contributed by atoms with van der Waals surface area (Å²) in [6.07, 6.45) is 2.53. The molecule has 1 aromatic heterocycles. The van der Waals surface area contributed by atoms with E-state index >= 15 is 0 Å². The van der Waals surface area contributed by atoms with Crippen LogP contribution in [0.15, 0.2) is 0 Å². The Hall–Kier alpha value is -2.05. The highest BCUT2D eigenvalue weighted by Gasteiger charge is 2.51. The second-order valence-corrected chi connectivity index (χ2v) is 7.44. The van der Waals surface area contributed by atoms with Crippen LogP contribution in [0.5, 0.6) is 12.0 Å². The number of carbonyl (C=O) groups is 1. The van der Waals surface area contributed by atoms with Crippen LogP contribution in [0.3, 0.4) is 0 Å². The molecule has 0 aromatic carbocycles. The predicted molar refractivity (Wildman–Crippen MR) is 84.6 cm³/mol. The molecule has 1 aromatic rings. The summed E-state index contributed by atoms with van der Waals surface area (Å²) in [5, 5.41) is 0. The molecule has 12 heteroatoms. The maximum atomic E-state index is 13.1. The molecular weight excluding hydrogens is 354 g/mol. The van der Waals surface area contributed by atoms with Gasteiger partial charge in [0.25, 0.3) is 5.95 Å². The van der Waals surface area contributed by atoms with E-state index in [0.717, 1.165) is 19.3 Å². The van der Waals surface area contributed by atoms with Crippen LogP contribution < -0.4 is 13.8 Å². The van der Waals surface area contributed by atoms with Gasteiger partial charge in [0, 0.05) is 19.3 Å². The van der Waals surface area contributed by atoms with E-state index in [-0.39, 0.29) is 20.8 Å². The molecule has 0 atom stereocenters. The van der Waals surface area contributed by atoms with Gasteiger partial charge in [-0.25, -0.2) is 9.28 Å². The lowest BCUT2D eigenvalue weighted by Crippen LogP contribution is -2.66. The maximum absolute atomic E-state index is 13.1. The number of hydrogen-bond donors (Lipinski definition) is 1. The lowest BCUT2D eigenvalue weighted by atomic mass is 9.86. The summed E-state index contributed by atoms with van der Waals surface area (Å²) in [4.78, 5) is 24.4. The van der Waals surface area contributed by atoms with Gasteiger partial charge in [0.05, 0.1) is 33.9 Å². The maximum Gasteiger partial charge on any atom is 0.441 e. The molecule has 3 saturated heterocycles. The summed E-state index contributed by atoms with van der Waals surface area (Å²) in [5.41, 5.74) is 0. The third-order valence-electron chi connectivity index (χ3n) is 4.84. The highest BCUT2D eigenvalue weighted by Crippen LogP contribution is 2.36. The number of amides is 2. The first kappa shape index (κ1) is 17.8. The van der Waals surface area contributed by atoms with Crippen molar-refractivity contribution in [1.82, 2.24) is 15.0 Å². The van der Waals surface area contributed by atoms with E-state index in [1.807, 2.05) is 0 Å². The molecule has 4 rings (SSSR count). The summed E-state index contributed by atoms with van der Waals surface area (Å²) in [7, 11) is -2.40. The summed E-state index contributed by atoms with van der Waals surface area (Å²) in [6.45, 7) is 1.57. The van der Waals surface area contributed by atoms with Gasteiger partial charge in [-0.05, 0) is 5.92 Å². The van der Waals surface area contributed by atoms with Gasteiger partial charge in [0.15, 0.2) is 0 Å². The smallest absolute Gasteiger partial charge is 0.441 e. The molecule has 4 heterocycles. The molecule has 1 N–H and O–H groups in total. The van der Waals surface area contributed by atoms with Crippen LogP contribution >= 0.6 is 0 Å². The van der Waals surface area contributed by atoms with Gasteiger partial charge in [-0.3, -0.25) is 4.55 Å². The van der Waals surface area contributed by atoms with Crippen LogP contribution in [0, 0.1) is 5.92 Å². The number of ether oxygens (including phenoxy) is 2. The van der Waals surface area contributed by atoms with Gasteiger partial charge in [0.2, 0.25) is 0 Å². The Morgan fingerprint density at radius 2 is 1.56 bits per heavy atom. The third kappa shape index (κ3) is 3.24. The molecule has 25 heavy (non-hydrogen) atoms. The van der Waals surface area contributed by atoms with Crippen molar-refractivity contribution in [2.45, 2.75) is 19.3 Å². The van der Waals surface area contributed by atoms with Gasteiger partial charge in [-0.1, -0.05) is 4.31 Å². The van der Waals surface area contributed by atoms with E-state index in [1.54, 1.807) is 0 Å². The Kier molecular flexibility index (Phi) is 4.51. The molecule has 0 saturated carbocycles. The van der Waals surface area contributed by atoms with Crippen LogP contribution in [0.2, 0.25) is 0 Å². The fourth-order valence-electron chi connectivity index (χ4n) is 3.43. The van der Waals surface area contributed by atoms with Crippen molar-refractivity contribution >= 4 is 22.3 Å². The van der Waals surface area contributed by atoms with Gasteiger partial charge in [0.1, 0.15) is 0 Å². The molecule has 2 bridgehead atoms. The van der Waals surface area contributed by atoms with Crippen molar-refractivity contribution < 1.29 is 31.7 Å². The summed E-state index contributed by atoms with van der Waals surface area (Å²) >= 11 is 0. The zero-order valence-corrected chi connectivity index (χ0v) is 14.8. The second kappa shape index (κ2) is 6.35. The number of piperidine rings is 3. The number of rotatable bonds is 4. The average molecular weight is 374 g/mol. The number of urea groups is 1. The number of aromatic nitrogens is 3. The topological polar surface area (TPSA) is 132 Å². The lowest BCUT2D eigenvalue weighted by Gasteiger charge is -2.47. The Bertz CT molecular complexity index is 741. The van der Waals surface area contributed by atoms with E-state index < -0.39 is 22.3 Å². The molecule has 3 aliphatic rings. The van der Waals surface area contributed by atoms with E-state index in [4.69, 9.17) is 9.47 Å². The number of hydrogen-bond acceptors (Lipinski definition) is 8. The zero-order chi connectivity index (χ0) is 18.2. The number of fused-ring (bicyclic) bond motifs is 3. The quantitative estimate of drug-likeness (QED) is 0.581. The molecular formula is C13H20N5O6S+. The third-order valence-corrected chi connectivity index (χ3v) is 5.62. The number of methoxy groups -OCH3 is 2. The second-order valence-electron chi connectivity index (χ2n) is 6.18. The van der Waals surface area contributed by atoms with Gasteiger partial charge in [-0.2, -0.15) is 18.4 Å². The molecule has 0 aliphatic carbocycles. The number of carbonyl (C=O) groups excluding carboxylic acids is 1. The Labute approximate surface area is 145 Å². The van der Waals surface area contributed by atoms with E-state index in [1.165, 1.54) is 14.2 Å². The standard InChI is InChI=1S/C13H19N5O6S/c1-23-11-14-10(15-12(16-11)24-2)17(25(20,21)22)13(19)18-6-3-9(4-7-18)5-8-18/h9H,3-8H2,1-2H3/p+1. The molecule has 0 radical (unpaired) electrons. The van der Waals surface area contributed by atoms with Crippen LogP contribution in [0.4, 0.5) is 10.7 Å². The first-order valence-corrected chi connectivity index (χ1v) is 9.21. The minimum Gasteiger partial charge on any atom is -0.467 e. The molecule has 0 spiro atoms. The van der Waals surface area contributed by atoms with Crippen molar-refractivity contribution in [3.05, 3.63) is 0 Å². The predicted octanol–water partition coefficient (Wildman–Crippen LogP) is 0.249. The summed E-state index contributed by atoms with van der Waals surface area (Å²) < 4.78 is 43.5. The van der Waals surface area contributed by atoms with Crippen molar-refractivity contribution in [2.75, 3.05) is 38.2 Å². The van der Waals surface area contributed by atoms with Crippen LogP contribution in [-0.2, 0) is 10.3 Å². The molecule has 3 fully saturated rings.